The standard InChI is InChI=1S/C17H12BrClFN3O/c1-10-14(9-21-23(10)13-5-2-11(18)3-6-13)17(24)22-16-7-4-12(19)8-15(16)20/h2-9H,1H3,(H,22,24). The average molecular weight is 409 g/mol. The Hall–Kier alpha value is -2.18. The lowest BCUT2D eigenvalue weighted by molar-refractivity contribution is 0.102. The summed E-state index contributed by atoms with van der Waals surface area (Å²) in [5.41, 5.74) is 1.92. The lowest BCUT2D eigenvalue weighted by Gasteiger charge is -2.08. The summed E-state index contributed by atoms with van der Waals surface area (Å²) in [4.78, 5) is 12.4. The van der Waals surface area contributed by atoms with E-state index in [2.05, 4.69) is 26.3 Å². The van der Waals surface area contributed by atoms with E-state index in [-0.39, 0.29) is 10.7 Å². The molecule has 3 rings (SSSR count). The highest BCUT2D eigenvalue weighted by Crippen LogP contribution is 2.21. The number of hydrogen-bond donors (Lipinski definition) is 1. The minimum absolute atomic E-state index is 0.0696. The van der Waals surface area contributed by atoms with Crippen LogP contribution in [-0.2, 0) is 0 Å². The zero-order chi connectivity index (χ0) is 17.3. The van der Waals surface area contributed by atoms with Crippen LogP contribution in [0.5, 0.6) is 0 Å². The minimum Gasteiger partial charge on any atom is -0.319 e. The number of carbonyl (C=O) groups excluding carboxylic acids is 1. The Morgan fingerprint density at radius 3 is 2.62 bits per heavy atom. The summed E-state index contributed by atoms with van der Waals surface area (Å²) in [5.74, 6) is -1.02. The van der Waals surface area contributed by atoms with Crippen molar-refractivity contribution >= 4 is 39.1 Å². The highest BCUT2D eigenvalue weighted by Gasteiger charge is 2.16. The smallest absolute Gasteiger partial charge is 0.259 e. The molecule has 0 saturated heterocycles. The topological polar surface area (TPSA) is 46.9 Å². The molecule has 0 radical (unpaired) electrons. The number of carbonyl (C=O) groups is 1. The van der Waals surface area contributed by atoms with Gasteiger partial charge in [-0.15, -0.1) is 0 Å². The summed E-state index contributed by atoms with van der Waals surface area (Å²) >= 11 is 9.08. The Kier molecular flexibility index (Phi) is 4.69. The summed E-state index contributed by atoms with van der Waals surface area (Å²) in [5, 5.41) is 7.04. The number of amides is 1. The first-order chi connectivity index (χ1) is 11.5. The van der Waals surface area contributed by atoms with Crippen LogP contribution in [0, 0.1) is 12.7 Å². The van der Waals surface area contributed by atoms with Gasteiger partial charge in [0.2, 0.25) is 0 Å². The Balaban J connectivity index is 1.87. The first-order valence-electron chi connectivity index (χ1n) is 7.02. The van der Waals surface area contributed by atoms with E-state index in [1.54, 1.807) is 11.6 Å². The van der Waals surface area contributed by atoms with E-state index in [1.807, 2.05) is 24.3 Å². The average Bonchev–Trinajstić information content (AvgIpc) is 2.92. The quantitative estimate of drug-likeness (QED) is 0.664. The van der Waals surface area contributed by atoms with E-state index in [1.165, 1.54) is 18.3 Å². The Bertz CT molecular complexity index is 909. The molecule has 0 aliphatic heterocycles. The van der Waals surface area contributed by atoms with Crippen LogP contribution in [0.3, 0.4) is 0 Å². The number of anilines is 1. The van der Waals surface area contributed by atoms with E-state index < -0.39 is 11.7 Å². The monoisotopic (exact) mass is 407 g/mol. The molecule has 122 valence electrons. The molecule has 3 aromatic rings. The zero-order valence-electron chi connectivity index (χ0n) is 12.6. The molecule has 7 heteroatoms. The molecule has 0 fully saturated rings. The van der Waals surface area contributed by atoms with Crippen molar-refractivity contribution in [2.24, 2.45) is 0 Å². The second-order valence-electron chi connectivity index (χ2n) is 5.11. The second kappa shape index (κ2) is 6.75. The van der Waals surface area contributed by atoms with Crippen molar-refractivity contribution < 1.29 is 9.18 Å². The molecule has 0 spiro atoms. The van der Waals surface area contributed by atoms with E-state index in [4.69, 9.17) is 11.6 Å². The Morgan fingerprint density at radius 2 is 1.96 bits per heavy atom. The van der Waals surface area contributed by atoms with E-state index in [0.717, 1.165) is 16.2 Å². The van der Waals surface area contributed by atoms with Gasteiger partial charge < -0.3 is 5.32 Å². The number of rotatable bonds is 3. The molecule has 4 nitrogen and oxygen atoms in total. The van der Waals surface area contributed by atoms with Crippen molar-refractivity contribution in [3.63, 3.8) is 0 Å². The molecule has 1 heterocycles. The van der Waals surface area contributed by atoms with Crippen molar-refractivity contribution in [2.75, 3.05) is 5.32 Å². The fraction of sp³-hybridized carbons (Fsp3) is 0.0588. The van der Waals surface area contributed by atoms with Gasteiger partial charge in [0.15, 0.2) is 0 Å². The molecule has 0 aliphatic rings. The van der Waals surface area contributed by atoms with Crippen molar-refractivity contribution in [1.29, 1.82) is 0 Å². The van der Waals surface area contributed by atoms with Gasteiger partial charge in [0.05, 0.1) is 28.8 Å². The van der Waals surface area contributed by atoms with Crippen LogP contribution >= 0.6 is 27.5 Å². The molecule has 1 aromatic heterocycles. The first-order valence-corrected chi connectivity index (χ1v) is 8.20. The number of nitrogens with zero attached hydrogens (tertiary/aromatic N) is 2. The highest BCUT2D eigenvalue weighted by atomic mass is 79.9. The van der Waals surface area contributed by atoms with Crippen LogP contribution in [0.4, 0.5) is 10.1 Å². The molecule has 2 aromatic carbocycles. The first kappa shape index (κ1) is 16.7. The normalized spacial score (nSPS) is 10.7. The van der Waals surface area contributed by atoms with Gasteiger partial charge >= 0.3 is 0 Å². The van der Waals surface area contributed by atoms with Crippen LogP contribution in [0.1, 0.15) is 16.1 Å². The Labute approximate surface area is 151 Å². The summed E-state index contributed by atoms with van der Waals surface area (Å²) in [6.07, 6.45) is 1.46. The predicted octanol–water partition coefficient (Wildman–Crippen LogP) is 4.99. The molecule has 0 aliphatic carbocycles. The lowest BCUT2D eigenvalue weighted by atomic mass is 10.2. The van der Waals surface area contributed by atoms with Gasteiger partial charge in [0.25, 0.3) is 5.91 Å². The minimum atomic E-state index is -0.589. The van der Waals surface area contributed by atoms with Crippen LogP contribution in [0.15, 0.2) is 53.1 Å². The summed E-state index contributed by atoms with van der Waals surface area (Å²) < 4.78 is 16.4. The van der Waals surface area contributed by atoms with Gasteiger partial charge in [-0.25, -0.2) is 9.07 Å². The number of aromatic nitrogens is 2. The molecule has 0 bridgehead atoms. The van der Waals surface area contributed by atoms with Crippen molar-refractivity contribution in [3.05, 3.63) is 75.2 Å². The number of halogens is 3. The Morgan fingerprint density at radius 1 is 1.25 bits per heavy atom. The molecule has 1 N–H and O–H groups in total. The maximum Gasteiger partial charge on any atom is 0.259 e. The van der Waals surface area contributed by atoms with Gasteiger partial charge in [-0.1, -0.05) is 27.5 Å². The maximum atomic E-state index is 13.8. The molecule has 24 heavy (non-hydrogen) atoms. The van der Waals surface area contributed by atoms with Crippen LogP contribution in [0.2, 0.25) is 5.02 Å². The largest absolute Gasteiger partial charge is 0.319 e. The summed E-state index contributed by atoms with van der Waals surface area (Å²) in [7, 11) is 0. The fourth-order valence-corrected chi connectivity index (χ4v) is 2.68. The molecular formula is C17H12BrClFN3O. The van der Waals surface area contributed by atoms with Crippen molar-refractivity contribution in [2.45, 2.75) is 6.92 Å². The van der Waals surface area contributed by atoms with E-state index in [0.29, 0.717) is 11.3 Å². The van der Waals surface area contributed by atoms with Gasteiger partial charge in [-0.2, -0.15) is 5.10 Å². The van der Waals surface area contributed by atoms with Crippen LogP contribution in [0.25, 0.3) is 5.69 Å². The SMILES string of the molecule is Cc1c(C(=O)Nc2ccc(Cl)cc2F)cnn1-c1ccc(Br)cc1. The molecule has 0 unspecified atom stereocenters. The second-order valence-corrected chi connectivity index (χ2v) is 6.46. The summed E-state index contributed by atoms with van der Waals surface area (Å²) in [6.45, 7) is 1.78. The third kappa shape index (κ3) is 3.34. The van der Waals surface area contributed by atoms with Gasteiger partial charge in [0.1, 0.15) is 5.82 Å². The predicted molar refractivity (Wildman–Crippen MR) is 95.4 cm³/mol. The van der Waals surface area contributed by atoms with E-state index >= 15 is 0 Å². The highest BCUT2D eigenvalue weighted by molar-refractivity contribution is 9.10. The van der Waals surface area contributed by atoms with Crippen molar-refractivity contribution in [1.82, 2.24) is 9.78 Å². The lowest BCUT2D eigenvalue weighted by Crippen LogP contribution is -2.14. The number of hydrogen-bond acceptors (Lipinski definition) is 2. The van der Waals surface area contributed by atoms with Crippen LogP contribution in [-0.4, -0.2) is 15.7 Å². The third-order valence-corrected chi connectivity index (χ3v) is 4.27. The van der Waals surface area contributed by atoms with Gasteiger partial charge in [-0.3, -0.25) is 4.79 Å². The zero-order valence-corrected chi connectivity index (χ0v) is 14.9. The number of nitrogens with one attached hydrogen (secondary N) is 1. The molecule has 1 amide bonds. The fourth-order valence-electron chi connectivity index (χ4n) is 2.26. The maximum absolute atomic E-state index is 13.8. The third-order valence-electron chi connectivity index (χ3n) is 3.50. The van der Waals surface area contributed by atoms with E-state index in [9.17, 15) is 9.18 Å². The molecule has 0 atom stereocenters. The molecule has 0 saturated carbocycles. The van der Waals surface area contributed by atoms with Crippen LogP contribution < -0.4 is 5.32 Å². The van der Waals surface area contributed by atoms with Gasteiger partial charge in [-0.05, 0) is 49.4 Å². The summed E-state index contributed by atoms with van der Waals surface area (Å²) in [6, 6.07) is 11.6. The molecular weight excluding hydrogens is 397 g/mol. The van der Waals surface area contributed by atoms with Gasteiger partial charge in [0, 0.05) is 9.50 Å². The number of benzene rings is 2. The van der Waals surface area contributed by atoms with Crippen molar-refractivity contribution in [3.8, 4) is 5.69 Å².